The highest BCUT2D eigenvalue weighted by Crippen LogP contribution is 2.29. The van der Waals surface area contributed by atoms with Crippen LogP contribution >= 0.6 is 0 Å². The predicted molar refractivity (Wildman–Crippen MR) is 50.2 cm³/mol. The molecule has 5 N–H and O–H groups in total. The summed E-state index contributed by atoms with van der Waals surface area (Å²) < 4.78 is 4.77. The van der Waals surface area contributed by atoms with Gasteiger partial charge in [-0.2, -0.15) is 0 Å². The Morgan fingerprint density at radius 2 is 1.88 bits per heavy atom. The summed E-state index contributed by atoms with van der Waals surface area (Å²) in [4.78, 5) is 11.4. The molecular weight excluding hydrogens is 220 g/mol. The Balaban J connectivity index is 2.98. The lowest BCUT2D eigenvalue weighted by atomic mass is 9.89. The van der Waals surface area contributed by atoms with E-state index in [4.69, 9.17) is 9.84 Å². The van der Waals surface area contributed by atoms with E-state index in [2.05, 4.69) is 0 Å². The molecule has 0 aliphatic carbocycles. The van der Waals surface area contributed by atoms with E-state index in [1.807, 2.05) is 0 Å². The van der Waals surface area contributed by atoms with Crippen LogP contribution in [0, 0.1) is 0 Å². The van der Waals surface area contributed by atoms with Crippen molar-refractivity contribution in [3.05, 3.63) is 0 Å². The normalized spacial score (nSPS) is 44.4. The third kappa shape index (κ3) is 1.97. The van der Waals surface area contributed by atoms with Crippen LogP contribution in [0.4, 0.5) is 0 Å². The van der Waals surface area contributed by atoms with Gasteiger partial charge in [-0.15, -0.1) is 0 Å². The Labute approximate surface area is 91.9 Å². The molecule has 1 fully saturated rings. The van der Waals surface area contributed by atoms with Crippen LogP contribution in [0.15, 0.2) is 0 Å². The fourth-order valence-electron chi connectivity index (χ4n) is 1.64. The van der Waals surface area contributed by atoms with Gasteiger partial charge in [0.05, 0.1) is 6.61 Å². The lowest BCUT2D eigenvalue weighted by Gasteiger charge is -2.44. The summed E-state index contributed by atoms with van der Waals surface area (Å²) in [5, 5.41) is 46.9. The Morgan fingerprint density at radius 1 is 1.31 bits per heavy atom. The van der Waals surface area contributed by atoms with E-state index in [0.29, 0.717) is 0 Å². The molecule has 0 radical (unpaired) electrons. The first-order valence-electron chi connectivity index (χ1n) is 4.97. The molecule has 94 valence electrons. The summed E-state index contributed by atoms with van der Waals surface area (Å²) in [7, 11) is 0. The van der Waals surface area contributed by atoms with E-state index in [1.54, 1.807) is 0 Å². The van der Waals surface area contributed by atoms with Gasteiger partial charge in [-0.3, -0.25) is 4.79 Å². The number of ketones is 1. The molecule has 16 heavy (non-hydrogen) atoms. The van der Waals surface area contributed by atoms with Crippen molar-refractivity contribution in [2.24, 2.45) is 0 Å². The molecule has 0 saturated carbocycles. The van der Waals surface area contributed by atoms with E-state index >= 15 is 0 Å². The Hall–Kier alpha value is -0.570. The molecule has 0 unspecified atom stereocenters. The summed E-state index contributed by atoms with van der Waals surface area (Å²) in [5.41, 5.74) is 0. The zero-order chi connectivity index (χ0) is 12.5. The first-order valence-corrected chi connectivity index (χ1v) is 4.97. The van der Waals surface area contributed by atoms with Crippen LogP contribution < -0.4 is 0 Å². The number of aliphatic hydroxyl groups excluding tert-OH is 4. The fourth-order valence-corrected chi connectivity index (χ4v) is 1.64. The standard InChI is InChI=1S/C9H16O7/c1-2-5(11)9(15)8(14)7(13)6(12)4(3-10)16-9/h4,6-8,10,12-15H,2-3H2,1H3/t4-,6+,7+,8-,9-/m1/s1. The highest BCUT2D eigenvalue weighted by molar-refractivity contribution is 5.86. The van der Waals surface area contributed by atoms with Crippen LogP contribution in [0.2, 0.25) is 0 Å². The maximum Gasteiger partial charge on any atom is 0.256 e. The number of carbonyl (C=O) groups excluding carboxylic acids is 1. The van der Waals surface area contributed by atoms with Gasteiger partial charge >= 0.3 is 0 Å². The Morgan fingerprint density at radius 3 is 2.31 bits per heavy atom. The number of carbonyl (C=O) groups is 1. The first-order chi connectivity index (χ1) is 7.38. The van der Waals surface area contributed by atoms with Crippen LogP contribution in [0.5, 0.6) is 0 Å². The summed E-state index contributed by atoms with van der Waals surface area (Å²) in [6.07, 6.45) is -6.71. The van der Waals surface area contributed by atoms with E-state index in [-0.39, 0.29) is 6.42 Å². The van der Waals surface area contributed by atoms with Crippen molar-refractivity contribution in [3.63, 3.8) is 0 Å². The zero-order valence-corrected chi connectivity index (χ0v) is 8.78. The second-order valence-corrected chi connectivity index (χ2v) is 3.74. The van der Waals surface area contributed by atoms with Gasteiger partial charge < -0.3 is 30.3 Å². The quantitative estimate of drug-likeness (QED) is 0.356. The number of rotatable bonds is 3. The van der Waals surface area contributed by atoms with Gasteiger partial charge in [0.15, 0.2) is 5.78 Å². The smallest absolute Gasteiger partial charge is 0.256 e. The number of ether oxygens (including phenoxy) is 1. The van der Waals surface area contributed by atoms with E-state index < -0.39 is 42.6 Å². The highest BCUT2D eigenvalue weighted by atomic mass is 16.7. The maximum absolute atomic E-state index is 11.4. The summed E-state index contributed by atoms with van der Waals surface area (Å²) in [6, 6.07) is 0. The topological polar surface area (TPSA) is 127 Å². The third-order valence-electron chi connectivity index (χ3n) is 2.69. The molecule has 0 amide bonds. The minimum absolute atomic E-state index is 0.117. The Kier molecular flexibility index (Phi) is 4.00. The highest BCUT2D eigenvalue weighted by Gasteiger charge is 2.56. The molecule has 1 heterocycles. The molecule has 5 atom stereocenters. The van der Waals surface area contributed by atoms with Crippen molar-refractivity contribution in [3.8, 4) is 0 Å². The van der Waals surface area contributed by atoms with Crippen molar-refractivity contribution in [1.82, 2.24) is 0 Å². The van der Waals surface area contributed by atoms with E-state index in [0.717, 1.165) is 0 Å². The van der Waals surface area contributed by atoms with Crippen LogP contribution in [0.1, 0.15) is 13.3 Å². The first kappa shape index (κ1) is 13.5. The molecule has 0 aromatic heterocycles. The largest absolute Gasteiger partial charge is 0.394 e. The maximum atomic E-state index is 11.4. The number of hydrogen-bond acceptors (Lipinski definition) is 7. The molecule has 7 nitrogen and oxygen atoms in total. The van der Waals surface area contributed by atoms with Crippen molar-refractivity contribution in [2.75, 3.05) is 6.61 Å². The minimum atomic E-state index is -2.58. The van der Waals surface area contributed by atoms with Gasteiger partial charge in [-0.25, -0.2) is 0 Å². The molecule has 7 heteroatoms. The van der Waals surface area contributed by atoms with Crippen molar-refractivity contribution in [1.29, 1.82) is 0 Å². The van der Waals surface area contributed by atoms with Gasteiger partial charge in [0.25, 0.3) is 5.79 Å². The average Bonchev–Trinajstić information content (AvgIpc) is 2.30. The molecular formula is C9H16O7. The van der Waals surface area contributed by atoms with Crippen molar-refractivity contribution in [2.45, 2.75) is 43.5 Å². The van der Waals surface area contributed by atoms with Gasteiger partial charge in [-0.1, -0.05) is 6.92 Å². The molecule has 1 rings (SSSR count). The lowest BCUT2D eigenvalue weighted by Crippen LogP contribution is -2.68. The van der Waals surface area contributed by atoms with Gasteiger partial charge in [0.2, 0.25) is 0 Å². The number of Topliss-reactive ketones (excluding diaryl/α,β-unsaturated/α-hetero) is 1. The van der Waals surface area contributed by atoms with Crippen molar-refractivity contribution >= 4 is 5.78 Å². The summed E-state index contributed by atoms with van der Waals surface area (Å²) in [5.74, 6) is -3.41. The molecule has 0 spiro atoms. The monoisotopic (exact) mass is 236 g/mol. The number of aliphatic hydroxyl groups is 5. The lowest BCUT2D eigenvalue weighted by molar-refractivity contribution is -0.330. The number of hydrogen-bond donors (Lipinski definition) is 5. The second kappa shape index (κ2) is 4.74. The summed E-state index contributed by atoms with van der Waals surface area (Å²) >= 11 is 0. The van der Waals surface area contributed by atoms with Crippen LogP contribution in [-0.4, -0.2) is 68.1 Å². The molecule has 0 aromatic rings. The van der Waals surface area contributed by atoms with Crippen LogP contribution in [0.25, 0.3) is 0 Å². The Bertz CT molecular complexity index is 267. The van der Waals surface area contributed by atoms with Crippen molar-refractivity contribution < 1.29 is 35.1 Å². The molecule has 0 aromatic carbocycles. The third-order valence-corrected chi connectivity index (χ3v) is 2.69. The van der Waals surface area contributed by atoms with Crippen LogP contribution in [0.3, 0.4) is 0 Å². The van der Waals surface area contributed by atoms with Gasteiger partial charge in [0.1, 0.15) is 24.4 Å². The zero-order valence-electron chi connectivity index (χ0n) is 8.78. The van der Waals surface area contributed by atoms with Gasteiger partial charge in [-0.05, 0) is 0 Å². The van der Waals surface area contributed by atoms with E-state index in [9.17, 15) is 25.2 Å². The minimum Gasteiger partial charge on any atom is -0.394 e. The fraction of sp³-hybridized carbons (Fsp3) is 0.889. The molecule has 1 aliphatic heterocycles. The summed E-state index contributed by atoms with van der Waals surface area (Å²) in [6.45, 7) is 0.756. The van der Waals surface area contributed by atoms with Crippen LogP contribution in [-0.2, 0) is 9.53 Å². The van der Waals surface area contributed by atoms with E-state index in [1.165, 1.54) is 6.92 Å². The average molecular weight is 236 g/mol. The molecule has 1 saturated heterocycles. The second-order valence-electron chi connectivity index (χ2n) is 3.74. The van der Waals surface area contributed by atoms with Gasteiger partial charge in [0, 0.05) is 6.42 Å². The molecule has 1 aliphatic rings. The molecule has 0 bridgehead atoms. The SMILES string of the molecule is CCC(=O)[C@@]1(O)O[C@H](CO)[C@H](O)[C@H](O)[C@H]1O. The predicted octanol–water partition coefficient (Wildman–Crippen LogP) is -2.87.